The lowest BCUT2D eigenvalue weighted by Crippen LogP contribution is -2.47. The predicted molar refractivity (Wildman–Crippen MR) is 117 cm³/mol. The zero-order valence-electron chi connectivity index (χ0n) is 16.9. The Kier molecular flexibility index (Phi) is 11.3. The van der Waals surface area contributed by atoms with E-state index in [1.54, 1.807) is 19.5 Å². The van der Waals surface area contributed by atoms with Gasteiger partial charge in [-0.3, -0.25) is 9.59 Å². The highest BCUT2D eigenvalue weighted by molar-refractivity contribution is 5.87. The molecule has 0 saturated carbocycles. The Morgan fingerprint density at radius 3 is 2.31 bits per heavy atom. The van der Waals surface area contributed by atoms with Gasteiger partial charge in [-0.1, -0.05) is 26.0 Å². The lowest BCUT2D eigenvalue weighted by Gasteiger charge is -2.20. The minimum atomic E-state index is -0.648. The Morgan fingerprint density at radius 1 is 1.21 bits per heavy atom. The largest absolute Gasteiger partial charge is 0.497 e. The summed E-state index contributed by atoms with van der Waals surface area (Å²) in [4.78, 5) is 28.7. The maximum absolute atomic E-state index is 12.4. The predicted octanol–water partition coefficient (Wildman–Crippen LogP) is 1.58. The van der Waals surface area contributed by atoms with E-state index in [2.05, 4.69) is 15.6 Å². The van der Waals surface area contributed by atoms with Crippen molar-refractivity contribution in [2.75, 3.05) is 13.7 Å². The summed E-state index contributed by atoms with van der Waals surface area (Å²) in [6, 6.07) is 6.27. The summed E-state index contributed by atoms with van der Waals surface area (Å²) in [6.07, 6.45) is 3.48. The van der Waals surface area contributed by atoms with Crippen LogP contribution in [-0.4, -0.2) is 41.1 Å². The Morgan fingerprint density at radius 2 is 1.83 bits per heavy atom. The van der Waals surface area contributed by atoms with Crippen molar-refractivity contribution in [3.8, 4) is 5.75 Å². The van der Waals surface area contributed by atoms with Crippen molar-refractivity contribution in [2.24, 2.45) is 18.7 Å². The third-order valence-corrected chi connectivity index (χ3v) is 4.32. The van der Waals surface area contributed by atoms with E-state index in [9.17, 15) is 9.59 Å². The SMILES string of the molecule is COc1ccc(C(NC(=O)CNC(=O)[C@@H](N)C(C)C)c2nccn2C)cc1.Cl.Cl. The molecule has 2 rings (SSSR count). The summed E-state index contributed by atoms with van der Waals surface area (Å²) in [7, 11) is 3.45. The van der Waals surface area contributed by atoms with Gasteiger partial charge in [0, 0.05) is 19.4 Å². The van der Waals surface area contributed by atoms with E-state index in [0.717, 1.165) is 11.3 Å². The highest BCUT2D eigenvalue weighted by Crippen LogP contribution is 2.22. The molecule has 0 spiro atoms. The molecule has 0 aliphatic rings. The average molecular weight is 446 g/mol. The smallest absolute Gasteiger partial charge is 0.240 e. The highest BCUT2D eigenvalue weighted by atomic mass is 35.5. The molecule has 162 valence electrons. The molecule has 0 radical (unpaired) electrons. The number of benzene rings is 1. The van der Waals surface area contributed by atoms with Crippen LogP contribution in [-0.2, 0) is 16.6 Å². The molecule has 0 aliphatic carbocycles. The quantitative estimate of drug-likeness (QED) is 0.570. The summed E-state index contributed by atoms with van der Waals surface area (Å²) in [5, 5.41) is 5.49. The minimum absolute atomic E-state index is 0. The van der Waals surface area contributed by atoms with Crippen molar-refractivity contribution in [1.29, 1.82) is 0 Å². The Balaban J connectivity index is 0.00000392. The molecule has 0 aliphatic heterocycles. The van der Waals surface area contributed by atoms with Crippen molar-refractivity contribution in [2.45, 2.75) is 25.9 Å². The number of imidazole rings is 1. The average Bonchev–Trinajstić information content (AvgIpc) is 3.09. The van der Waals surface area contributed by atoms with Crippen LogP contribution < -0.4 is 21.1 Å². The normalized spacial score (nSPS) is 12.2. The van der Waals surface area contributed by atoms with Crippen molar-refractivity contribution in [3.63, 3.8) is 0 Å². The van der Waals surface area contributed by atoms with Gasteiger partial charge in [0.1, 0.15) is 17.6 Å². The second kappa shape index (κ2) is 12.3. The number of halogens is 2. The van der Waals surface area contributed by atoms with E-state index in [1.807, 2.05) is 49.7 Å². The van der Waals surface area contributed by atoms with Crippen LogP contribution in [0.25, 0.3) is 0 Å². The number of nitrogens with one attached hydrogen (secondary N) is 2. The molecule has 1 aromatic heterocycles. The lowest BCUT2D eigenvalue weighted by molar-refractivity contribution is -0.127. The van der Waals surface area contributed by atoms with Crippen molar-refractivity contribution >= 4 is 36.6 Å². The molecule has 29 heavy (non-hydrogen) atoms. The third kappa shape index (κ3) is 7.23. The van der Waals surface area contributed by atoms with Gasteiger partial charge in [-0.05, 0) is 23.6 Å². The van der Waals surface area contributed by atoms with Crippen molar-refractivity contribution in [3.05, 3.63) is 48.0 Å². The molecule has 2 amide bonds. The third-order valence-electron chi connectivity index (χ3n) is 4.32. The molecular weight excluding hydrogens is 417 g/mol. The van der Waals surface area contributed by atoms with Crippen LogP contribution in [0.15, 0.2) is 36.7 Å². The number of nitrogens with two attached hydrogens (primary N) is 1. The van der Waals surface area contributed by atoms with Crippen LogP contribution in [0.5, 0.6) is 5.75 Å². The number of methoxy groups -OCH3 is 1. The molecule has 1 aromatic carbocycles. The number of hydrogen-bond acceptors (Lipinski definition) is 5. The zero-order valence-corrected chi connectivity index (χ0v) is 18.5. The number of rotatable bonds is 8. The zero-order chi connectivity index (χ0) is 20.0. The van der Waals surface area contributed by atoms with Gasteiger partial charge in [-0.25, -0.2) is 4.98 Å². The van der Waals surface area contributed by atoms with E-state index in [4.69, 9.17) is 10.5 Å². The minimum Gasteiger partial charge on any atom is -0.497 e. The Bertz CT molecular complexity index is 780. The summed E-state index contributed by atoms with van der Waals surface area (Å²) in [5.41, 5.74) is 6.64. The number of hydrogen-bond donors (Lipinski definition) is 3. The number of aryl methyl sites for hydroxylation is 1. The Labute approximate surface area is 183 Å². The first-order chi connectivity index (χ1) is 12.8. The molecule has 8 nitrogen and oxygen atoms in total. The molecule has 1 heterocycles. The molecule has 1 unspecified atom stereocenters. The molecular formula is C19H29Cl2N5O3. The van der Waals surface area contributed by atoms with Crippen LogP contribution in [0, 0.1) is 5.92 Å². The fourth-order valence-corrected chi connectivity index (χ4v) is 2.55. The van der Waals surface area contributed by atoms with E-state index >= 15 is 0 Å². The van der Waals surface area contributed by atoms with Crippen LogP contribution in [0.1, 0.15) is 31.3 Å². The fourth-order valence-electron chi connectivity index (χ4n) is 2.55. The maximum atomic E-state index is 12.4. The standard InChI is InChI=1S/C19H27N5O3.2ClH/c1-12(2)16(20)19(26)22-11-15(25)23-17(18-21-9-10-24(18)3)13-5-7-14(27-4)8-6-13;;/h5-10,12,16-17H,11,20H2,1-4H3,(H,22,26)(H,23,25);2*1H/t16-,17?;;/m0../s1. The van der Waals surface area contributed by atoms with E-state index in [1.165, 1.54) is 0 Å². The number of carbonyl (C=O) groups excluding carboxylic acids is 2. The number of ether oxygens (including phenoxy) is 1. The molecule has 0 bridgehead atoms. The van der Waals surface area contributed by atoms with Gasteiger partial charge in [-0.15, -0.1) is 24.8 Å². The summed E-state index contributed by atoms with van der Waals surface area (Å²) in [5.74, 6) is 0.714. The number of nitrogens with zero attached hydrogens (tertiary/aromatic N) is 2. The van der Waals surface area contributed by atoms with Crippen molar-refractivity contribution < 1.29 is 14.3 Å². The second-order valence-corrected chi connectivity index (χ2v) is 6.66. The summed E-state index contributed by atoms with van der Waals surface area (Å²) >= 11 is 0. The summed E-state index contributed by atoms with van der Waals surface area (Å²) < 4.78 is 7.02. The van der Waals surface area contributed by atoms with Crippen molar-refractivity contribution in [1.82, 2.24) is 20.2 Å². The molecule has 10 heteroatoms. The van der Waals surface area contributed by atoms with E-state index in [0.29, 0.717) is 5.82 Å². The first kappa shape index (κ1) is 26.7. The van der Waals surface area contributed by atoms with Gasteiger partial charge in [0.15, 0.2) is 0 Å². The Hall–Kier alpha value is -2.29. The topological polar surface area (TPSA) is 111 Å². The van der Waals surface area contributed by atoms with Gasteiger partial charge >= 0.3 is 0 Å². The lowest BCUT2D eigenvalue weighted by atomic mass is 10.0. The van der Waals surface area contributed by atoms with Crippen LogP contribution in [0.3, 0.4) is 0 Å². The summed E-state index contributed by atoms with van der Waals surface area (Å²) in [6.45, 7) is 3.55. The highest BCUT2D eigenvalue weighted by Gasteiger charge is 2.22. The van der Waals surface area contributed by atoms with Gasteiger partial charge in [0.2, 0.25) is 11.8 Å². The molecule has 4 N–H and O–H groups in total. The first-order valence-electron chi connectivity index (χ1n) is 8.77. The first-order valence-corrected chi connectivity index (χ1v) is 8.77. The molecule has 2 aromatic rings. The number of amides is 2. The maximum Gasteiger partial charge on any atom is 0.240 e. The second-order valence-electron chi connectivity index (χ2n) is 6.66. The van der Waals surface area contributed by atoms with Gasteiger partial charge < -0.3 is 25.7 Å². The molecule has 2 atom stereocenters. The van der Waals surface area contributed by atoms with Gasteiger partial charge in [0.25, 0.3) is 0 Å². The molecule has 0 fully saturated rings. The number of aromatic nitrogens is 2. The molecule has 0 saturated heterocycles. The fraction of sp³-hybridized carbons (Fsp3) is 0.421. The van der Waals surface area contributed by atoms with Crippen LogP contribution in [0.2, 0.25) is 0 Å². The monoisotopic (exact) mass is 445 g/mol. The van der Waals surface area contributed by atoms with E-state index < -0.39 is 12.1 Å². The van der Waals surface area contributed by atoms with Crippen LogP contribution in [0.4, 0.5) is 0 Å². The van der Waals surface area contributed by atoms with Gasteiger partial charge in [-0.2, -0.15) is 0 Å². The van der Waals surface area contributed by atoms with E-state index in [-0.39, 0.29) is 49.1 Å². The number of carbonyl (C=O) groups is 2. The van der Waals surface area contributed by atoms with Crippen LogP contribution >= 0.6 is 24.8 Å². The van der Waals surface area contributed by atoms with Gasteiger partial charge in [0.05, 0.1) is 19.7 Å².